The molecule has 1 aliphatic heterocycles. The van der Waals surface area contributed by atoms with Crippen LogP contribution in [0.4, 0.5) is 4.79 Å². The zero-order valence-electron chi connectivity index (χ0n) is 17.2. The molecule has 0 radical (unpaired) electrons. The Kier molecular flexibility index (Phi) is 6.44. The number of hydrogen-bond acceptors (Lipinski definition) is 3. The predicted molar refractivity (Wildman–Crippen MR) is 124 cm³/mol. The molecule has 0 saturated carbocycles. The molecule has 4 heteroatoms. The smallest absolute Gasteiger partial charge is 0.409 e. The molecule has 3 nitrogen and oxygen atoms in total. The highest BCUT2D eigenvalue weighted by molar-refractivity contribution is 8.00. The van der Waals surface area contributed by atoms with Crippen LogP contribution in [0.2, 0.25) is 0 Å². The second-order valence-electron chi connectivity index (χ2n) is 7.55. The van der Waals surface area contributed by atoms with Crippen molar-refractivity contribution in [3.8, 4) is 0 Å². The van der Waals surface area contributed by atoms with Gasteiger partial charge in [0.1, 0.15) is 0 Å². The first-order valence-corrected chi connectivity index (χ1v) is 11.4. The summed E-state index contributed by atoms with van der Waals surface area (Å²) in [6.45, 7) is 0.771. The van der Waals surface area contributed by atoms with Gasteiger partial charge in [0, 0.05) is 18.3 Å². The number of likely N-dealkylation sites (tertiary alicyclic amines) is 1. The van der Waals surface area contributed by atoms with Crippen molar-refractivity contribution in [2.75, 3.05) is 19.4 Å². The Morgan fingerprint density at radius 1 is 0.900 bits per heavy atom. The van der Waals surface area contributed by atoms with Gasteiger partial charge in [0.15, 0.2) is 0 Å². The fourth-order valence-corrected chi connectivity index (χ4v) is 6.05. The number of benzene rings is 3. The maximum atomic E-state index is 12.3. The molecule has 154 valence electrons. The normalized spacial score (nSPS) is 16.4. The minimum absolute atomic E-state index is 0.179. The predicted octanol–water partition coefficient (Wildman–Crippen LogP) is 5.94. The van der Waals surface area contributed by atoms with Crippen molar-refractivity contribution < 1.29 is 9.53 Å². The van der Waals surface area contributed by atoms with E-state index in [4.69, 9.17) is 4.74 Å². The number of amides is 1. The van der Waals surface area contributed by atoms with Gasteiger partial charge in [0.05, 0.1) is 11.9 Å². The Bertz CT molecular complexity index is 850. The van der Waals surface area contributed by atoms with Crippen molar-refractivity contribution in [1.82, 2.24) is 4.90 Å². The molecule has 3 aromatic carbocycles. The largest absolute Gasteiger partial charge is 0.453 e. The van der Waals surface area contributed by atoms with Crippen LogP contribution in [0.25, 0.3) is 0 Å². The van der Waals surface area contributed by atoms with Crippen LogP contribution in [0.15, 0.2) is 91.0 Å². The van der Waals surface area contributed by atoms with Gasteiger partial charge in [-0.3, -0.25) is 0 Å². The van der Waals surface area contributed by atoms with Crippen LogP contribution in [0.3, 0.4) is 0 Å². The number of nitrogens with zero attached hydrogens (tertiary/aromatic N) is 1. The number of ether oxygens (including phenoxy) is 1. The van der Waals surface area contributed by atoms with Gasteiger partial charge >= 0.3 is 6.09 Å². The van der Waals surface area contributed by atoms with Crippen molar-refractivity contribution in [1.29, 1.82) is 0 Å². The van der Waals surface area contributed by atoms with Crippen LogP contribution in [0.5, 0.6) is 0 Å². The van der Waals surface area contributed by atoms with Crippen LogP contribution >= 0.6 is 11.8 Å². The molecule has 1 saturated heterocycles. The summed E-state index contributed by atoms with van der Waals surface area (Å²) in [6.07, 6.45) is 1.81. The van der Waals surface area contributed by atoms with E-state index in [0.717, 1.165) is 25.1 Å². The Labute approximate surface area is 183 Å². The van der Waals surface area contributed by atoms with Crippen molar-refractivity contribution in [2.24, 2.45) is 0 Å². The fraction of sp³-hybridized carbons (Fsp3) is 0.269. The zero-order valence-corrected chi connectivity index (χ0v) is 18.1. The average Bonchev–Trinajstić information content (AvgIpc) is 3.30. The summed E-state index contributed by atoms with van der Waals surface area (Å²) in [6, 6.07) is 32.2. The van der Waals surface area contributed by atoms with Gasteiger partial charge in [-0.2, -0.15) is 0 Å². The number of carbonyl (C=O) groups excluding carboxylic acids is 1. The molecule has 0 N–H and O–H groups in total. The number of rotatable bonds is 6. The summed E-state index contributed by atoms with van der Waals surface area (Å²) in [5, 5.41) is 0. The summed E-state index contributed by atoms with van der Waals surface area (Å²) >= 11 is 1.91. The fourth-order valence-electron chi connectivity index (χ4n) is 4.36. The van der Waals surface area contributed by atoms with E-state index >= 15 is 0 Å². The monoisotopic (exact) mass is 417 g/mol. The minimum Gasteiger partial charge on any atom is -0.453 e. The molecule has 1 aliphatic rings. The van der Waals surface area contributed by atoms with Gasteiger partial charge in [-0.05, 0) is 29.5 Å². The molecule has 0 spiro atoms. The van der Waals surface area contributed by atoms with Crippen LogP contribution in [0.1, 0.15) is 29.5 Å². The average molecular weight is 418 g/mol. The molecule has 1 atom stereocenters. The summed E-state index contributed by atoms with van der Waals surface area (Å²) < 4.78 is 4.67. The quantitative estimate of drug-likeness (QED) is 0.465. The van der Waals surface area contributed by atoms with Crippen LogP contribution in [-0.2, 0) is 9.48 Å². The summed E-state index contributed by atoms with van der Waals surface area (Å²) in [5.41, 5.74) is 3.74. The number of methoxy groups -OCH3 is 1. The van der Waals surface area contributed by atoms with Gasteiger partial charge in [0.2, 0.25) is 0 Å². The molecule has 30 heavy (non-hydrogen) atoms. The highest BCUT2D eigenvalue weighted by Crippen LogP contribution is 2.49. The lowest BCUT2D eigenvalue weighted by molar-refractivity contribution is 0.122. The van der Waals surface area contributed by atoms with E-state index in [1.54, 1.807) is 0 Å². The molecule has 1 heterocycles. The second-order valence-corrected chi connectivity index (χ2v) is 8.78. The molecule has 0 aliphatic carbocycles. The standard InChI is InChI=1S/C26H27NO2S/c1-29-25(28)27-19-11-18-24(27)20-30-26(21-12-5-2-6-13-21,22-14-7-3-8-15-22)23-16-9-4-10-17-23/h2-10,12-17,24H,11,18-20H2,1H3/t24-/m1/s1. The van der Waals surface area contributed by atoms with Crippen molar-refractivity contribution in [3.05, 3.63) is 108 Å². The van der Waals surface area contributed by atoms with Gasteiger partial charge in [0.25, 0.3) is 0 Å². The Balaban J connectivity index is 1.78. The van der Waals surface area contributed by atoms with E-state index in [-0.39, 0.29) is 16.9 Å². The second kappa shape index (κ2) is 9.40. The first-order chi connectivity index (χ1) is 14.8. The highest BCUT2D eigenvalue weighted by atomic mass is 32.2. The van der Waals surface area contributed by atoms with Crippen LogP contribution in [-0.4, -0.2) is 36.4 Å². The molecule has 0 bridgehead atoms. The third kappa shape index (κ3) is 3.97. The Hall–Kier alpha value is -2.72. The topological polar surface area (TPSA) is 29.5 Å². The van der Waals surface area contributed by atoms with Gasteiger partial charge in [-0.1, -0.05) is 91.0 Å². The summed E-state index contributed by atoms with van der Waals surface area (Å²) in [7, 11) is 1.47. The zero-order chi connectivity index (χ0) is 20.8. The third-order valence-corrected chi connectivity index (χ3v) is 7.51. The highest BCUT2D eigenvalue weighted by Gasteiger charge is 2.39. The lowest BCUT2D eigenvalue weighted by Gasteiger charge is -2.37. The Morgan fingerprint density at radius 2 is 1.37 bits per heavy atom. The number of carbonyl (C=O) groups is 1. The summed E-state index contributed by atoms with van der Waals surface area (Å²) in [5.74, 6) is 0.841. The molecule has 3 aromatic rings. The molecular weight excluding hydrogens is 390 g/mol. The van der Waals surface area contributed by atoms with E-state index < -0.39 is 0 Å². The molecule has 0 aromatic heterocycles. The lowest BCUT2D eigenvalue weighted by Crippen LogP contribution is -2.38. The third-order valence-electron chi connectivity index (χ3n) is 5.82. The van der Waals surface area contributed by atoms with E-state index in [0.29, 0.717) is 0 Å². The van der Waals surface area contributed by atoms with Crippen molar-refractivity contribution >= 4 is 17.9 Å². The molecular formula is C26H27NO2S. The van der Waals surface area contributed by atoms with E-state index in [9.17, 15) is 4.79 Å². The molecule has 1 amide bonds. The lowest BCUT2D eigenvalue weighted by atomic mass is 9.84. The molecule has 4 rings (SSSR count). The minimum atomic E-state index is -0.353. The Morgan fingerprint density at radius 3 is 1.80 bits per heavy atom. The molecule has 0 unspecified atom stereocenters. The number of hydrogen-bond donors (Lipinski definition) is 0. The maximum absolute atomic E-state index is 12.3. The first-order valence-electron chi connectivity index (χ1n) is 10.4. The van der Waals surface area contributed by atoms with Gasteiger partial charge in [-0.15, -0.1) is 11.8 Å². The van der Waals surface area contributed by atoms with E-state index in [2.05, 4.69) is 91.0 Å². The van der Waals surface area contributed by atoms with E-state index in [1.165, 1.54) is 23.8 Å². The van der Waals surface area contributed by atoms with Crippen LogP contribution < -0.4 is 0 Å². The first kappa shape index (κ1) is 20.5. The maximum Gasteiger partial charge on any atom is 0.409 e. The van der Waals surface area contributed by atoms with Crippen molar-refractivity contribution in [3.63, 3.8) is 0 Å². The number of thioether (sulfide) groups is 1. The van der Waals surface area contributed by atoms with Crippen LogP contribution in [0, 0.1) is 0 Å². The SMILES string of the molecule is COC(=O)N1CCC[C@@H]1CSC(c1ccccc1)(c1ccccc1)c1ccccc1. The van der Waals surface area contributed by atoms with E-state index in [1.807, 2.05) is 16.7 Å². The van der Waals surface area contributed by atoms with Gasteiger partial charge in [-0.25, -0.2) is 4.79 Å². The van der Waals surface area contributed by atoms with Gasteiger partial charge < -0.3 is 9.64 Å². The molecule has 1 fully saturated rings. The summed E-state index contributed by atoms with van der Waals surface area (Å²) in [4.78, 5) is 14.1. The van der Waals surface area contributed by atoms with Crippen molar-refractivity contribution in [2.45, 2.75) is 23.6 Å².